The summed E-state index contributed by atoms with van der Waals surface area (Å²) < 4.78 is 0. The van der Waals surface area contributed by atoms with Gasteiger partial charge in [-0.25, -0.2) is 4.98 Å². The first-order valence-electron chi connectivity index (χ1n) is 6.28. The molecule has 19 heavy (non-hydrogen) atoms. The summed E-state index contributed by atoms with van der Waals surface area (Å²) >= 11 is 0. The van der Waals surface area contributed by atoms with Gasteiger partial charge in [0.15, 0.2) is 0 Å². The van der Waals surface area contributed by atoms with Crippen LogP contribution in [-0.4, -0.2) is 15.9 Å². The molecule has 0 fully saturated rings. The first kappa shape index (κ1) is 13.1. The van der Waals surface area contributed by atoms with Crippen LogP contribution < -0.4 is 11.1 Å². The molecule has 4 N–H and O–H groups in total. The monoisotopic (exact) mass is 258 g/mol. The van der Waals surface area contributed by atoms with Crippen molar-refractivity contribution in [1.29, 1.82) is 0 Å². The van der Waals surface area contributed by atoms with Crippen LogP contribution in [0.1, 0.15) is 41.1 Å². The van der Waals surface area contributed by atoms with Crippen molar-refractivity contribution in [3.63, 3.8) is 0 Å². The number of nitrogens with two attached hydrogens (primary N) is 1. The fourth-order valence-electron chi connectivity index (χ4n) is 2.01. The number of nitrogens with one attached hydrogen (secondary N) is 2. The molecular formula is C14H18N4O. The molecule has 0 spiro atoms. The number of carbonyl (C=O) groups is 1. The van der Waals surface area contributed by atoms with Crippen LogP contribution in [0, 0.1) is 6.92 Å². The molecule has 1 aromatic carbocycles. The van der Waals surface area contributed by atoms with Gasteiger partial charge >= 0.3 is 0 Å². The summed E-state index contributed by atoms with van der Waals surface area (Å²) in [5.74, 6) is 0.657. The Morgan fingerprint density at radius 2 is 2.32 bits per heavy atom. The van der Waals surface area contributed by atoms with Crippen LogP contribution >= 0.6 is 0 Å². The van der Waals surface area contributed by atoms with Crippen molar-refractivity contribution in [2.75, 3.05) is 5.73 Å². The number of amides is 1. The third-order valence-electron chi connectivity index (χ3n) is 3.06. The van der Waals surface area contributed by atoms with E-state index in [1.165, 1.54) is 0 Å². The largest absolute Gasteiger partial charge is 0.399 e. The number of carbonyl (C=O) groups excluding carboxylic acids is 1. The van der Waals surface area contributed by atoms with Crippen molar-refractivity contribution in [2.24, 2.45) is 0 Å². The molecule has 2 aromatic rings. The van der Waals surface area contributed by atoms with E-state index < -0.39 is 0 Å². The van der Waals surface area contributed by atoms with E-state index in [0.717, 1.165) is 17.8 Å². The third kappa shape index (κ3) is 2.93. The van der Waals surface area contributed by atoms with E-state index in [1.54, 1.807) is 30.6 Å². The smallest absolute Gasteiger partial charge is 0.252 e. The van der Waals surface area contributed by atoms with E-state index in [1.807, 2.05) is 13.8 Å². The van der Waals surface area contributed by atoms with Crippen LogP contribution in [0.15, 0.2) is 30.6 Å². The molecule has 0 aliphatic carbocycles. The van der Waals surface area contributed by atoms with Gasteiger partial charge in [0, 0.05) is 23.6 Å². The van der Waals surface area contributed by atoms with Crippen LogP contribution in [0.4, 0.5) is 5.69 Å². The van der Waals surface area contributed by atoms with Crippen molar-refractivity contribution in [1.82, 2.24) is 15.3 Å². The average Bonchev–Trinajstić information content (AvgIpc) is 2.89. The number of anilines is 1. The molecule has 1 unspecified atom stereocenters. The average molecular weight is 258 g/mol. The number of imidazole rings is 1. The maximum atomic E-state index is 12.2. The second-order valence-corrected chi connectivity index (χ2v) is 4.48. The lowest BCUT2D eigenvalue weighted by molar-refractivity contribution is 0.0933. The molecular weight excluding hydrogens is 240 g/mol. The van der Waals surface area contributed by atoms with E-state index in [0.29, 0.717) is 11.3 Å². The van der Waals surface area contributed by atoms with Crippen molar-refractivity contribution < 1.29 is 4.79 Å². The zero-order chi connectivity index (χ0) is 13.8. The van der Waals surface area contributed by atoms with Crippen LogP contribution in [0.25, 0.3) is 0 Å². The van der Waals surface area contributed by atoms with Gasteiger partial charge in [-0.05, 0) is 37.1 Å². The van der Waals surface area contributed by atoms with E-state index >= 15 is 0 Å². The molecule has 0 aliphatic heterocycles. The lowest BCUT2D eigenvalue weighted by Gasteiger charge is -2.15. The van der Waals surface area contributed by atoms with Crippen LogP contribution in [0.3, 0.4) is 0 Å². The number of hydrogen-bond donors (Lipinski definition) is 3. The highest BCUT2D eigenvalue weighted by molar-refractivity contribution is 5.96. The first-order valence-corrected chi connectivity index (χ1v) is 6.28. The molecule has 0 saturated carbocycles. The number of rotatable bonds is 4. The van der Waals surface area contributed by atoms with Crippen molar-refractivity contribution in [3.05, 3.63) is 47.5 Å². The Bertz CT molecular complexity index is 563. The molecule has 0 bridgehead atoms. The number of aromatic amines is 1. The van der Waals surface area contributed by atoms with Gasteiger partial charge in [-0.1, -0.05) is 6.92 Å². The van der Waals surface area contributed by atoms with E-state index in [9.17, 15) is 4.79 Å². The van der Waals surface area contributed by atoms with Gasteiger partial charge in [0.1, 0.15) is 5.82 Å². The summed E-state index contributed by atoms with van der Waals surface area (Å²) in [6.07, 6.45) is 4.20. The minimum Gasteiger partial charge on any atom is -0.399 e. The Labute approximate surface area is 112 Å². The molecule has 2 rings (SSSR count). The van der Waals surface area contributed by atoms with E-state index in [-0.39, 0.29) is 11.9 Å². The summed E-state index contributed by atoms with van der Waals surface area (Å²) in [7, 11) is 0. The Morgan fingerprint density at radius 3 is 2.89 bits per heavy atom. The SMILES string of the molecule is CCC(NC(=O)c1ccc(N)cc1C)c1ncc[nH]1. The second kappa shape index (κ2) is 5.56. The lowest BCUT2D eigenvalue weighted by atomic mass is 10.1. The first-order chi connectivity index (χ1) is 9.11. The quantitative estimate of drug-likeness (QED) is 0.735. The minimum atomic E-state index is -0.112. The van der Waals surface area contributed by atoms with Crippen molar-refractivity contribution in [2.45, 2.75) is 26.3 Å². The lowest BCUT2D eigenvalue weighted by Crippen LogP contribution is -2.29. The zero-order valence-electron chi connectivity index (χ0n) is 11.1. The summed E-state index contributed by atoms with van der Waals surface area (Å²) in [5.41, 5.74) is 7.85. The Hall–Kier alpha value is -2.30. The van der Waals surface area contributed by atoms with Gasteiger partial charge in [0.05, 0.1) is 6.04 Å². The summed E-state index contributed by atoms with van der Waals surface area (Å²) in [4.78, 5) is 19.5. The molecule has 0 saturated heterocycles. The standard InChI is InChI=1S/C14H18N4O/c1-3-12(13-16-6-7-17-13)18-14(19)11-5-4-10(15)8-9(11)2/h4-8,12H,3,15H2,1-2H3,(H,16,17)(H,18,19). The maximum absolute atomic E-state index is 12.2. The molecule has 0 aliphatic rings. The minimum absolute atomic E-state index is 0.110. The number of aromatic nitrogens is 2. The zero-order valence-corrected chi connectivity index (χ0v) is 11.1. The normalized spacial score (nSPS) is 12.1. The van der Waals surface area contributed by atoms with Crippen LogP contribution in [-0.2, 0) is 0 Å². The number of nitrogens with zero attached hydrogens (tertiary/aromatic N) is 1. The number of H-pyrrole nitrogens is 1. The predicted molar refractivity (Wildman–Crippen MR) is 74.7 cm³/mol. The van der Waals surface area contributed by atoms with Gasteiger partial charge in [0.25, 0.3) is 5.91 Å². The number of nitrogen functional groups attached to an aromatic ring is 1. The van der Waals surface area contributed by atoms with Gasteiger partial charge in [0.2, 0.25) is 0 Å². The predicted octanol–water partition coefficient (Wildman–Crippen LogP) is 2.18. The molecule has 1 amide bonds. The van der Waals surface area contributed by atoms with E-state index in [2.05, 4.69) is 15.3 Å². The molecule has 0 radical (unpaired) electrons. The summed E-state index contributed by atoms with van der Waals surface area (Å²) in [6, 6.07) is 5.16. The topological polar surface area (TPSA) is 83.8 Å². The fourth-order valence-corrected chi connectivity index (χ4v) is 2.01. The number of benzene rings is 1. The maximum Gasteiger partial charge on any atom is 0.252 e. The summed E-state index contributed by atoms with van der Waals surface area (Å²) in [6.45, 7) is 3.88. The second-order valence-electron chi connectivity index (χ2n) is 4.48. The van der Waals surface area contributed by atoms with Crippen molar-refractivity contribution in [3.8, 4) is 0 Å². The third-order valence-corrected chi connectivity index (χ3v) is 3.06. The highest BCUT2D eigenvalue weighted by Gasteiger charge is 2.17. The Morgan fingerprint density at radius 1 is 1.53 bits per heavy atom. The van der Waals surface area contributed by atoms with Crippen LogP contribution in [0.2, 0.25) is 0 Å². The highest BCUT2D eigenvalue weighted by Crippen LogP contribution is 2.16. The van der Waals surface area contributed by atoms with Gasteiger partial charge in [-0.2, -0.15) is 0 Å². The Balaban J connectivity index is 2.16. The van der Waals surface area contributed by atoms with E-state index in [4.69, 9.17) is 5.73 Å². The Kier molecular flexibility index (Phi) is 3.85. The van der Waals surface area contributed by atoms with Gasteiger partial charge in [-0.3, -0.25) is 4.79 Å². The fraction of sp³-hybridized carbons (Fsp3) is 0.286. The molecule has 5 heteroatoms. The molecule has 5 nitrogen and oxygen atoms in total. The molecule has 100 valence electrons. The van der Waals surface area contributed by atoms with Crippen molar-refractivity contribution >= 4 is 11.6 Å². The highest BCUT2D eigenvalue weighted by atomic mass is 16.1. The van der Waals surface area contributed by atoms with Gasteiger partial charge in [-0.15, -0.1) is 0 Å². The number of hydrogen-bond acceptors (Lipinski definition) is 3. The number of aryl methyl sites for hydroxylation is 1. The molecule has 1 heterocycles. The van der Waals surface area contributed by atoms with Crippen LogP contribution in [0.5, 0.6) is 0 Å². The molecule has 1 atom stereocenters. The van der Waals surface area contributed by atoms with Gasteiger partial charge < -0.3 is 16.0 Å². The summed E-state index contributed by atoms with van der Waals surface area (Å²) in [5, 5.41) is 2.97. The molecule has 1 aromatic heterocycles.